The number of halogens is 2. The number of aromatic nitrogens is 7. The molecule has 1 aliphatic rings. The molecular formula is C7H5Cl2N7S. The Morgan fingerprint density at radius 3 is 2.76 bits per heavy atom. The molecule has 0 spiro atoms. The molecule has 7 nitrogen and oxygen atoms in total. The van der Waals surface area contributed by atoms with Gasteiger partial charge in [-0.25, -0.2) is 9.67 Å². The van der Waals surface area contributed by atoms with Crippen molar-refractivity contribution in [3.63, 3.8) is 0 Å². The lowest BCUT2D eigenvalue weighted by Crippen LogP contribution is -1.99. The topological polar surface area (TPSA) is 82.3 Å². The van der Waals surface area contributed by atoms with Crippen LogP contribution in [0.25, 0.3) is 0 Å². The van der Waals surface area contributed by atoms with E-state index in [0.717, 1.165) is 12.8 Å². The Balaban J connectivity index is 1.90. The summed E-state index contributed by atoms with van der Waals surface area (Å²) in [5.41, 5.74) is 0. The summed E-state index contributed by atoms with van der Waals surface area (Å²) in [7, 11) is 0. The van der Waals surface area contributed by atoms with Gasteiger partial charge in [-0.2, -0.15) is 0 Å². The van der Waals surface area contributed by atoms with E-state index >= 15 is 0 Å². The molecule has 0 unspecified atom stereocenters. The van der Waals surface area contributed by atoms with Crippen LogP contribution >= 0.6 is 35.0 Å². The minimum Gasteiger partial charge on any atom is -0.217 e. The normalized spacial score (nSPS) is 15.2. The second-order valence-corrected chi connectivity index (χ2v) is 5.07. The molecule has 3 rings (SSSR count). The standard InChI is InChI=1S/C7H5Cl2N7S/c8-4-5(10-6(9)12-11-4)17-7-13-14-15-16(7)3-1-2-3/h3H,1-2H2. The van der Waals surface area contributed by atoms with Crippen LogP contribution < -0.4 is 0 Å². The molecule has 0 atom stereocenters. The van der Waals surface area contributed by atoms with Crippen molar-refractivity contribution in [2.24, 2.45) is 0 Å². The zero-order chi connectivity index (χ0) is 11.8. The lowest BCUT2D eigenvalue weighted by Gasteiger charge is -2.02. The molecule has 0 amide bonds. The maximum Gasteiger partial charge on any atom is 0.244 e. The fraction of sp³-hybridized carbons (Fsp3) is 0.429. The highest BCUT2D eigenvalue weighted by atomic mass is 35.5. The average molecular weight is 290 g/mol. The largest absolute Gasteiger partial charge is 0.244 e. The predicted molar refractivity (Wildman–Crippen MR) is 60.1 cm³/mol. The van der Waals surface area contributed by atoms with Crippen LogP contribution in [0.3, 0.4) is 0 Å². The van der Waals surface area contributed by atoms with E-state index in [4.69, 9.17) is 23.2 Å². The maximum atomic E-state index is 5.87. The SMILES string of the molecule is Clc1nnc(Cl)c(Sc2nnnn2C2CC2)n1. The van der Waals surface area contributed by atoms with Gasteiger partial charge in [-0.3, -0.25) is 0 Å². The number of hydrogen-bond donors (Lipinski definition) is 0. The van der Waals surface area contributed by atoms with E-state index in [1.807, 2.05) is 0 Å². The molecular weight excluding hydrogens is 285 g/mol. The van der Waals surface area contributed by atoms with E-state index in [1.165, 1.54) is 11.8 Å². The van der Waals surface area contributed by atoms with Gasteiger partial charge in [-0.15, -0.1) is 15.3 Å². The third-order valence-electron chi connectivity index (χ3n) is 2.13. The summed E-state index contributed by atoms with van der Waals surface area (Å²) in [5.74, 6) is 0. The van der Waals surface area contributed by atoms with Gasteiger partial charge in [0, 0.05) is 0 Å². The first kappa shape index (κ1) is 11.1. The van der Waals surface area contributed by atoms with Gasteiger partial charge in [-0.05, 0) is 46.6 Å². The first-order valence-corrected chi connectivity index (χ1v) is 6.32. The second kappa shape index (κ2) is 4.35. The van der Waals surface area contributed by atoms with Crippen molar-refractivity contribution in [1.29, 1.82) is 0 Å². The van der Waals surface area contributed by atoms with E-state index in [1.54, 1.807) is 4.68 Å². The third kappa shape index (κ3) is 2.33. The maximum absolute atomic E-state index is 5.87. The molecule has 1 saturated carbocycles. The first-order valence-electron chi connectivity index (χ1n) is 4.75. The van der Waals surface area contributed by atoms with Gasteiger partial charge in [0.25, 0.3) is 0 Å². The quantitative estimate of drug-likeness (QED) is 0.849. The lowest BCUT2D eigenvalue weighted by molar-refractivity contribution is 0.565. The van der Waals surface area contributed by atoms with Gasteiger partial charge in [0.15, 0.2) is 5.15 Å². The Kier molecular flexibility index (Phi) is 2.85. The summed E-state index contributed by atoms with van der Waals surface area (Å²) >= 11 is 12.8. The summed E-state index contributed by atoms with van der Waals surface area (Å²) in [6.45, 7) is 0. The van der Waals surface area contributed by atoms with Gasteiger partial charge >= 0.3 is 0 Å². The van der Waals surface area contributed by atoms with Gasteiger partial charge < -0.3 is 0 Å². The molecule has 1 fully saturated rings. The van der Waals surface area contributed by atoms with Crippen LogP contribution in [0.15, 0.2) is 10.2 Å². The molecule has 0 radical (unpaired) electrons. The zero-order valence-corrected chi connectivity index (χ0v) is 10.6. The lowest BCUT2D eigenvalue weighted by atomic mass is 10.7. The number of rotatable bonds is 3. The molecule has 17 heavy (non-hydrogen) atoms. The highest BCUT2D eigenvalue weighted by molar-refractivity contribution is 7.99. The minimum atomic E-state index is 0.0438. The smallest absolute Gasteiger partial charge is 0.217 e. The van der Waals surface area contributed by atoms with E-state index in [0.29, 0.717) is 16.2 Å². The third-order valence-corrected chi connectivity index (χ3v) is 3.59. The summed E-state index contributed by atoms with van der Waals surface area (Å²) in [4.78, 5) is 3.98. The summed E-state index contributed by atoms with van der Waals surface area (Å²) < 4.78 is 1.76. The van der Waals surface area contributed by atoms with Gasteiger partial charge in [0.05, 0.1) is 6.04 Å². The van der Waals surface area contributed by atoms with Crippen molar-refractivity contribution in [1.82, 2.24) is 35.4 Å². The van der Waals surface area contributed by atoms with Gasteiger partial charge in [0.1, 0.15) is 5.03 Å². The van der Waals surface area contributed by atoms with Crippen molar-refractivity contribution >= 4 is 35.0 Å². The molecule has 2 aromatic rings. The van der Waals surface area contributed by atoms with Crippen LogP contribution in [0.2, 0.25) is 10.4 Å². The van der Waals surface area contributed by atoms with E-state index in [9.17, 15) is 0 Å². The molecule has 1 aliphatic carbocycles. The van der Waals surface area contributed by atoms with Crippen LogP contribution in [0, 0.1) is 0 Å². The van der Waals surface area contributed by atoms with E-state index in [-0.39, 0.29) is 10.4 Å². The molecule has 0 N–H and O–H groups in total. The fourth-order valence-electron chi connectivity index (χ4n) is 1.23. The first-order chi connectivity index (χ1) is 8.24. The Hall–Kier alpha value is -0.990. The van der Waals surface area contributed by atoms with Crippen molar-refractivity contribution in [3.8, 4) is 0 Å². The fourth-order valence-corrected chi connectivity index (χ4v) is 2.39. The Bertz CT molecular complexity index is 555. The van der Waals surface area contributed by atoms with Crippen LogP contribution in [0.5, 0.6) is 0 Å². The second-order valence-electron chi connectivity index (χ2n) is 3.42. The molecule has 10 heteroatoms. The molecule has 0 bridgehead atoms. The van der Waals surface area contributed by atoms with Crippen molar-refractivity contribution in [2.45, 2.75) is 29.1 Å². The zero-order valence-electron chi connectivity index (χ0n) is 8.29. The number of tetrazole rings is 1. The monoisotopic (exact) mass is 289 g/mol. The van der Waals surface area contributed by atoms with E-state index < -0.39 is 0 Å². The highest BCUT2D eigenvalue weighted by Gasteiger charge is 2.28. The van der Waals surface area contributed by atoms with Crippen LogP contribution in [0.1, 0.15) is 18.9 Å². The van der Waals surface area contributed by atoms with Crippen LogP contribution in [0.4, 0.5) is 0 Å². The molecule has 2 heterocycles. The Morgan fingerprint density at radius 2 is 2.00 bits per heavy atom. The summed E-state index contributed by atoms with van der Waals surface area (Å²) in [6.07, 6.45) is 2.18. The Labute approximate surface area is 110 Å². The predicted octanol–water partition coefficient (Wildman–Crippen LogP) is 1.65. The highest BCUT2D eigenvalue weighted by Crippen LogP contribution is 2.38. The van der Waals surface area contributed by atoms with Crippen LogP contribution in [-0.4, -0.2) is 35.4 Å². The van der Waals surface area contributed by atoms with Gasteiger partial charge in [0.2, 0.25) is 10.4 Å². The van der Waals surface area contributed by atoms with Gasteiger partial charge in [-0.1, -0.05) is 11.6 Å². The van der Waals surface area contributed by atoms with Crippen molar-refractivity contribution < 1.29 is 0 Å². The average Bonchev–Trinajstić information content (AvgIpc) is 3.05. The number of hydrogen-bond acceptors (Lipinski definition) is 7. The molecule has 88 valence electrons. The summed E-state index contributed by atoms with van der Waals surface area (Å²) in [6, 6.07) is 0.386. The van der Waals surface area contributed by atoms with Crippen molar-refractivity contribution in [2.75, 3.05) is 0 Å². The van der Waals surface area contributed by atoms with Crippen molar-refractivity contribution in [3.05, 3.63) is 10.4 Å². The van der Waals surface area contributed by atoms with Crippen LogP contribution in [-0.2, 0) is 0 Å². The van der Waals surface area contributed by atoms with E-state index in [2.05, 4.69) is 30.7 Å². The molecule has 0 aromatic carbocycles. The Morgan fingerprint density at radius 1 is 1.18 bits per heavy atom. The minimum absolute atomic E-state index is 0.0438. The molecule has 2 aromatic heterocycles. The molecule has 0 aliphatic heterocycles. The molecule has 0 saturated heterocycles. The summed E-state index contributed by atoms with van der Waals surface area (Å²) in [5, 5.41) is 20.0. The number of nitrogens with zero attached hydrogens (tertiary/aromatic N) is 7.